The molecule has 3 N–H and O–H groups in total. The first-order valence-corrected chi connectivity index (χ1v) is 14.4. The van der Waals surface area contributed by atoms with Crippen molar-refractivity contribution in [3.63, 3.8) is 0 Å². The Balaban J connectivity index is 1.45. The van der Waals surface area contributed by atoms with Crippen LogP contribution < -0.4 is 14.8 Å². The molecule has 0 aromatic heterocycles. The molecular weight excluding hydrogens is 513 g/mol. The van der Waals surface area contributed by atoms with E-state index in [1.807, 2.05) is 30.3 Å². The summed E-state index contributed by atoms with van der Waals surface area (Å²) in [6.45, 7) is 2.40. The first kappa shape index (κ1) is 28.0. The van der Waals surface area contributed by atoms with Gasteiger partial charge in [-0.15, -0.1) is 0 Å². The summed E-state index contributed by atoms with van der Waals surface area (Å²) in [5.41, 5.74) is 1.46. The van der Waals surface area contributed by atoms with Crippen molar-refractivity contribution in [2.75, 3.05) is 18.9 Å². The van der Waals surface area contributed by atoms with E-state index in [-0.39, 0.29) is 36.3 Å². The number of carbonyl (C=O) groups is 2. The second kappa shape index (κ2) is 12.2. The molecule has 2 aliphatic rings. The third-order valence-electron chi connectivity index (χ3n) is 6.92. The summed E-state index contributed by atoms with van der Waals surface area (Å²) >= 11 is 0. The molecule has 2 aromatic carbocycles. The molecule has 0 unspecified atom stereocenters. The summed E-state index contributed by atoms with van der Waals surface area (Å²) in [5.74, 6) is -1.59. The average Bonchev–Trinajstić information content (AvgIpc) is 3.22. The molecule has 4 atom stereocenters. The monoisotopic (exact) mass is 547 g/mol. The van der Waals surface area contributed by atoms with Crippen LogP contribution in [0.15, 0.2) is 48.5 Å². The van der Waals surface area contributed by atoms with E-state index >= 15 is 0 Å². The molecular formula is C27H34FN3O6S. The standard InChI is InChI=1S/C27H34FN3O6S/c1-18(32)29-25(26(33)24-8-5-10-31(27(24)34)16-19-6-3-2-4-7-19)14-20-12-21(28)15-23(13-20)37-17-22-9-11-38(35,36)30-22/h2-4,6-7,12-13,15,22,24-26,30,33H,5,8-11,14,16-17H2,1H3,(H,29,32)/t22-,24+,25+,26-/m1/s1. The van der Waals surface area contributed by atoms with Crippen LogP contribution in [0.3, 0.4) is 0 Å². The smallest absolute Gasteiger partial charge is 0.228 e. The number of hydrogen-bond donors (Lipinski definition) is 3. The van der Waals surface area contributed by atoms with Crippen molar-refractivity contribution in [3.05, 3.63) is 65.5 Å². The molecule has 11 heteroatoms. The van der Waals surface area contributed by atoms with Crippen molar-refractivity contribution in [2.45, 2.75) is 57.3 Å². The highest BCUT2D eigenvalue weighted by Crippen LogP contribution is 2.27. The Bertz CT molecular complexity index is 1240. The number of halogens is 1. The average molecular weight is 548 g/mol. The minimum Gasteiger partial charge on any atom is -0.492 e. The molecule has 2 fully saturated rings. The van der Waals surface area contributed by atoms with Gasteiger partial charge in [0.05, 0.1) is 29.9 Å². The van der Waals surface area contributed by atoms with Gasteiger partial charge in [-0.3, -0.25) is 9.59 Å². The SMILES string of the molecule is CC(=O)N[C@@H](Cc1cc(F)cc(OC[C@H]2CCS(=O)(=O)N2)c1)[C@H](O)[C@@H]1CCCN(Cc2ccccc2)C1=O. The quantitative estimate of drug-likeness (QED) is 0.416. The molecule has 0 spiro atoms. The Morgan fingerprint density at radius 3 is 2.66 bits per heavy atom. The van der Waals surface area contributed by atoms with Crippen molar-refractivity contribution < 1.29 is 32.2 Å². The highest BCUT2D eigenvalue weighted by atomic mass is 32.2. The lowest BCUT2D eigenvalue weighted by atomic mass is 9.85. The molecule has 38 heavy (non-hydrogen) atoms. The van der Waals surface area contributed by atoms with Crippen molar-refractivity contribution in [2.24, 2.45) is 5.92 Å². The Labute approximate surface area is 222 Å². The van der Waals surface area contributed by atoms with Crippen LogP contribution in [0.25, 0.3) is 0 Å². The predicted octanol–water partition coefficient (Wildman–Crippen LogP) is 1.74. The van der Waals surface area contributed by atoms with Crippen LogP contribution in [0.4, 0.5) is 4.39 Å². The molecule has 0 saturated carbocycles. The van der Waals surface area contributed by atoms with E-state index < -0.39 is 39.9 Å². The van der Waals surface area contributed by atoms with Crippen LogP contribution in [0.1, 0.15) is 37.3 Å². The number of benzene rings is 2. The summed E-state index contributed by atoms with van der Waals surface area (Å²) in [4.78, 5) is 27.0. The van der Waals surface area contributed by atoms with Crippen LogP contribution in [-0.2, 0) is 32.6 Å². The normalized spacial score (nSPS) is 22.6. The van der Waals surface area contributed by atoms with Gasteiger partial charge in [-0.2, -0.15) is 0 Å². The van der Waals surface area contributed by atoms with Gasteiger partial charge in [-0.1, -0.05) is 30.3 Å². The second-order valence-electron chi connectivity index (χ2n) is 10.0. The van der Waals surface area contributed by atoms with Gasteiger partial charge in [-0.25, -0.2) is 17.5 Å². The minimum atomic E-state index is -3.29. The predicted molar refractivity (Wildman–Crippen MR) is 139 cm³/mol. The maximum absolute atomic E-state index is 14.4. The lowest BCUT2D eigenvalue weighted by Gasteiger charge is -2.37. The summed E-state index contributed by atoms with van der Waals surface area (Å²) in [6, 6.07) is 12.5. The number of aliphatic hydroxyl groups excluding tert-OH is 1. The molecule has 2 aromatic rings. The van der Waals surface area contributed by atoms with E-state index in [0.29, 0.717) is 31.5 Å². The molecule has 2 aliphatic heterocycles. The summed E-state index contributed by atoms with van der Waals surface area (Å²) in [7, 11) is -3.29. The van der Waals surface area contributed by atoms with Crippen LogP contribution >= 0.6 is 0 Å². The summed E-state index contributed by atoms with van der Waals surface area (Å²) in [6.07, 6.45) is 0.503. The first-order chi connectivity index (χ1) is 18.1. The number of rotatable bonds is 10. The fourth-order valence-corrected chi connectivity index (χ4v) is 6.51. The Morgan fingerprint density at radius 1 is 1.21 bits per heavy atom. The van der Waals surface area contributed by atoms with E-state index in [2.05, 4.69) is 10.0 Å². The van der Waals surface area contributed by atoms with E-state index in [9.17, 15) is 27.5 Å². The van der Waals surface area contributed by atoms with Crippen molar-refractivity contribution >= 4 is 21.8 Å². The Morgan fingerprint density at radius 2 is 1.97 bits per heavy atom. The number of sulfonamides is 1. The highest BCUT2D eigenvalue weighted by Gasteiger charge is 2.38. The van der Waals surface area contributed by atoms with Gasteiger partial charge in [0.15, 0.2) is 0 Å². The number of likely N-dealkylation sites (tertiary alicyclic amines) is 1. The lowest BCUT2D eigenvalue weighted by molar-refractivity contribution is -0.145. The fourth-order valence-electron chi connectivity index (χ4n) is 5.11. The zero-order valence-corrected chi connectivity index (χ0v) is 22.1. The van der Waals surface area contributed by atoms with Gasteiger partial charge in [-0.05, 0) is 48.9 Å². The van der Waals surface area contributed by atoms with Crippen molar-refractivity contribution in [1.82, 2.24) is 14.9 Å². The van der Waals surface area contributed by atoms with Crippen LogP contribution in [0.5, 0.6) is 5.75 Å². The van der Waals surface area contributed by atoms with Gasteiger partial charge in [0.1, 0.15) is 18.2 Å². The molecule has 0 bridgehead atoms. The number of ether oxygens (including phenoxy) is 1. The van der Waals surface area contributed by atoms with Crippen molar-refractivity contribution in [3.8, 4) is 5.75 Å². The third-order valence-corrected chi connectivity index (χ3v) is 8.39. The zero-order chi connectivity index (χ0) is 27.3. The van der Waals surface area contributed by atoms with Gasteiger partial charge in [0.2, 0.25) is 21.8 Å². The highest BCUT2D eigenvalue weighted by molar-refractivity contribution is 7.89. The number of amides is 2. The van der Waals surface area contributed by atoms with Crippen LogP contribution in [0, 0.1) is 11.7 Å². The maximum Gasteiger partial charge on any atom is 0.228 e. The first-order valence-electron chi connectivity index (χ1n) is 12.8. The Kier molecular flexibility index (Phi) is 9.01. The van der Waals surface area contributed by atoms with Crippen LogP contribution in [0.2, 0.25) is 0 Å². The van der Waals surface area contributed by atoms with Gasteiger partial charge in [0, 0.05) is 26.1 Å². The molecule has 4 rings (SSSR count). The van der Waals surface area contributed by atoms with E-state index in [0.717, 1.165) is 12.0 Å². The molecule has 0 radical (unpaired) electrons. The molecule has 9 nitrogen and oxygen atoms in total. The molecule has 2 heterocycles. The molecule has 206 valence electrons. The minimum absolute atomic E-state index is 0.0222. The van der Waals surface area contributed by atoms with E-state index in [1.165, 1.54) is 19.1 Å². The van der Waals surface area contributed by atoms with Gasteiger partial charge < -0.3 is 20.1 Å². The third kappa shape index (κ3) is 7.52. The van der Waals surface area contributed by atoms with E-state index in [1.54, 1.807) is 11.0 Å². The molecule has 2 saturated heterocycles. The number of aliphatic hydroxyl groups is 1. The number of piperidine rings is 1. The molecule has 0 aliphatic carbocycles. The number of nitrogens with one attached hydrogen (secondary N) is 2. The number of carbonyl (C=O) groups excluding carboxylic acids is 2. The number of nitrogens with zero attached hydrogens (tertiary/aromatic N) is 1. The maximum atomic E-state index is 14.4. The topological polar surface area (TPSA) is 125 Å². The zero-order valence-electron chi connectivity index (χ0n) is 21.3. The summed E-state index contributed by atoms with van der Waals surface area (Å²) in [5, 5.41) is 14.0. The van der Waals surface area contributed by atoms with Gasteiger partial charge >= 0.3 is 0 Å². The largest absolute Gasteiger partial charge is 0.492 e. The van der Waals surface area contributed by atoms with Gasteiger partial charge in [0.25, 0.3) is 0 Å². The lowest BCUT2D eigenvalue weighted by Crippen LogP contribution is -2.53. The Hall–Kier alpha value is -3.02. The van der Waals surface area contributed by atoms with Crippen LogP contribution in [-0.4, -0.2) is 67.3 Å². The fraction of sp³-hybridized carbons (Fsp3) is 0.481. The van der Waals surface area contributed by atoms with Crippen molar-refractivity contribution in [1.29, 1.82) is 0 Å². The molecule has 2 amide bonds. The number of hydrogen-bond acceptors (Lipinski definition) is 6. The second-order valence-corrected chi connectivity index (χ2v) is 11.9. The summed E-state index contributed by atoms with van der Waals surface area (Å²) < 4.78 is 45.8. The van der Waals surface area contributed by atoms with E-state index in [4.69, 9.17) is 4.74 Å².